The number of nitrogens with zero attached hydrogens (tertiary/aromatic N) is 2. The number of likely N-dealkylation sites (N-methyl/N-ethyl adjacent to an activating group) is 1. The number of oxazole rings is 1. The molecule has 1 aliphatic rings. The second-order valence-electron chi connectivity index (χ2n) is 8.46. The van der Waals surface area contributed by atoms with Gasteiger partial charge in [0.15, 0.2) is 5.58 Å². The number of rotatable bonds is 7. The van der Waals surface area contributed by atoms with Gasteiger partial charge in [-0.15, -0.1) is 0 Å². The molecule has 1 saturated heterocycles. The summed E-state index contributed by atoms with van der Waals surface area (Å²) in [5.41, 5.74) is 3.24. The number of carbonyl (C=O) groups excluding carboxylic acids is 1. The molecular formula is C26H25N3O5S. The molecule has 1 aliphatic heterocycles. The highest BCUT2D eigenvalue weighted by Gasteiger charge is 2.26. The summed E-state index contributed by atoms with van der Waals surface area (Å²) in [4.78, 5) is 17.3. The summed E-state index contributed by atoms with van der Waals surface area (Å²) >= 11 is 0. The van der Waals surface area contributed by atoms with Crippen molar-refractivity contribution in [3.05, 3.63) is 78.4 Å². The average Bonchev–Trinajstić information content (AvgIpc) is 3.54. The third kappa shape index (κ3) is 4.97. The van der Waals surface area contributed by atoms with Crippen LogP contribution in [0.2, 0.25) is 0 Å². The van der Waals surface area contributed by atoms with Crippen LogP contribution in [0.4, 0.5) is 5.69 Å². The van der Waals surface area contributed by atoms with Gasteiger partial charge in [-0.25, -0.2) is 13.4 Å². The van der Waals surface area contributed by atoms with Crippen molar-refractivity contribution in [1.29, 1.82) is 0 Å². The van der Waals surface area contributed by atoms with Crippen molar-refractivity contribution in [1.82, 2.24) is 9.29 Å². The number of ether oxygens (including phenoxy) is 1. The normalized spacial score (nSPS) is 16.1. The highest BCUT2D eigenvalue weighted by atomic mass is 32.2. The van der Waals surface area contributed by atoms with E-state index >= 15 is 0 Å². The Morgan fingerprint density at radius 1 is 1.06 bits per heavy atom. The number of aromatic nitrogens is 1. The molecule has 1 amide bonds. The zero-order chi connectivity index (χ0) is 24.4. The summed E-state index contributed by atoms with van der Waals surface area (Å²) in [5.74, 6) is 0.168. The highest BCUT2D eigenvalue weighted by Crippen LogP contribution is 2.25. The summed E-state index contributed by atoms with van der Waals surface area (Å²) in [5, 5.41) is 2.83. The lowest BCUT2D eigenvalue weighted by molar-refractivity contribution is 0.0979. The smallest absolute Gasteiger partial charge is 0.255 e. The summed E-state index contributed by atoms with van der Waals surface area (Å²) < 4.78 is 38.3. The Morgan fingerprint density at radius 2 is 1.80 bits per heavy atom. The lowest BCUT2D eigenvalue weighted by atomic mass is 10.2. The molecule has 0 spiro atoms. The number of carbonyl (C=O) groups is 1. The molecule has 0 saturated carbocycles. The fraction of sp³-hybridized carbons (Fsp3) is 0.231. The van der Waals surface area contributed by atoms with Gasteiger partial charge in [0.2, 0.25) is 15.9 Å². The van der Waals surface area contributed by atoms with E-state index in [2.05, 4.69) is 10.3 Å². The molecule has 8 nitrogen and oxygen atoms in total. The van der Waals surface area contributed by atoms with Crippen LogP contribution in [-0.2, 0) is 14.8 Å². The predicted molar refractivity (Wildman–Crippen MR) is 133 cm³/mol. The first-order valence-electron chi connectivity index (χ1n) is 11.4. The first-order chi connectivity index (χ1) is 16.9. The number of anilines is 1. The first kappa shape index (κ1) is 23.2. The van der Waals surface area contributed by atoms with Crippen molar-refractivity contribution in [3.63, 3.8) is 0 Å². The Labute approximate surface area is 203 Å². The molecule has 1 atom stereocenters. The van der Waals surface area contributed by atoms with Crippen LogP contribution >= 0.6 is 0 Å². The van der Waals surface area contributed by atoms with Gasteiger partial charge in [0.25, 0.3) is 5.91 Å². The Balaban J connectivity index is 1.24. The second kappa shape index (κ2) is 9.61. The molecule has 0 aliphatic carbocycles. The third-order valence-electron chi connectivity index (χ3n) is 5.99. The van der Waals surface area contributed by atoms with Gasteiger partial charge in [0.1, 0.15) is 5.52 Å². The van der Waals surface area contributed by atoms with Crippen molar-refractivity contribution < 1.29 is 22.4 Å². The van der Waals surface area contributed by atoms with Crippen LogP contribution in [0.25, 0.3) is 22.6 Å². The van der Waals surface area contributed by atoms with Gasteiger partial charge in [-0.05, 0) is 73.5 Å². The monoisotopic (exact) mass is 491 g/mol. The first-order valence-corrected chi connectivity index (χ1v) is 12.8. The molecular weight excluding hydrogens is 466 g/mol. The number of fused-ring (bicyclic) bond motifs is 1. The topological polar surface area (TPSA) is 102 Å². The van der Waals surface area contributed by atoms with Crippen LogP contribution in [0.3, 0.4) is 0 Å². The number of sulfonamides is 1. The van der Waals surface area contributed by atoms with Gasteiger partial charge in [0.05, 0.1) is 11.0 Å². The molecule has 5 rings (SSSR count). The van der Waals surface area contributed by atoms with Gasteiger partial charge < -0.3 is 14.5 Å². The molecule has 4 aromatic rings. The molecule has 35 heavy (non-hydrogen) atoms. The number of nitrogens with one attached hydrogen (secondary N) is 1. The maximum Gasteiger partial charge on any atom is 0.255 e. The lowest BCUT2D eigenvalue weighted by Gasteiger charge is -2.20. The van der Waals surface area contributed by atoms with Crippen LogP contribution in [0.5, 0.6) is 0 Å². The minimum absolute atomic E-state index is 0.0751. The van der Waals surface area contributed by atoms with Crippen molar-refractivity contribution in [2.45, 2.75) is 23.8 Å². The summed E-state index contributed by atoms with van der Waals surface area (Å²) in [6, 6.07) is 20.6. The Kier molecular flexibility index (Phi) is 6.38. The molecule has 0 radical (unpaired) electrons. The van der Waals surface area contributed by atoms with Crippen molar-refractivity contribution in [2.24, 2.45) is 0 Å². The van der Waals surface area contributed by atoms with E-state index in [0.717, 1.165) is 23.9 Å². The van der Waals surface area contributed by atoms with E-state index in [4.69, 9.17) is 9.15 Å². The maximum absolute atomic E-state index is 12.9. The van der Waals surface area contributed by atoms with Crippen LogP contribution < -0.4 is 5.32 Å². The van der Waals surface area contributed by atoms with Gasteiger partial charge in [-0.1, -0.05) is 12.1 Å². The molecule has 0 bridgehead atoms. The minimum Gasteiger partial charge on any atom is -0.436 e. The molecule has 180 valence electrons. The standard InChI is InChI=1S/C26H25N3O5S/c1-29(17-21-5-4-16-33-21)35(31,32)22-14-10-18(11-15-22)25(30)27-20-12-8-19(9-13-20)26-28-23-6-2-3-7-24(23)34-26/h2-3,6-15,21H,4-5,16-17H2,1H3,(H,27,30)/t21-/m0/s1. The third-order valence-corrected chi connectivity index (χ3v) is 7.83. The SMILES string of the molecule is CN(C[C@@H]1CCCO1)S(=O)(=O)c1ccc(C(=O)Nc2ccc(-c3nc4ccccc4o3)cc2)cc1. The van der Waals surface area contributed by atoms with E-state index in [9.17, 15) is 13.2 Å². The zero-order valence-corrected chi connectivity index (χ0v) is 20.0. The molecule has 3 aromatic carbocycles. The predicted octanol–water partition coefficient (Wildman–Crippen LogP) is 4.55. The number of benzene rings is 3. The second-order valence-corrected chi connectivity index (χ2v) is 10.5. The fourth-order valence-electron chi connectivity index (χ4n) is 4.03. The van der Waals surface area contributed by atoms with Gasteiger partial charge >= 0.3 is 0 Å². The number of hydrogen-bond acceptors (Lipinski definition) is 6. The van der Waals surface area contributed by atoms with E-state index in [1.54, 1.807) is 19.2 Å². The highest BCUT2D eigenvalue weighted by molar-refractivity contribution is 7.89. The molecule has 9 heteroatoms. The minimum atomic E-state index is -3.66. The van der Waals surface area contributed by atoms with Crippen LogP contribution in [-0.4, -0.2) is 49.9 Å². The van der Waals surface area contributed by atoms with Crippen LogP contribution in [0, 0.1) is 0 Å². The molecule has 1 N–H and O–H groups in total. The quantitative estimate of drug-likeness (QED) is 0.407. The van der Waals surface area contributed by atoms with Gasteiger partial charge in [-0.2, -0.15) is 4.31 Å². The average molecular weight is 492 g/mol. The van der Waals surface area contributed by atoms with Crippen LogP contribution in [0.1, 0.15) is 23.2 Å². The molecule has 1 fully saturated rings. The van der Waals surface area contributed by atoms with E-state index in [1.807, 2.05) is 36.4 Å². The fourth-order valence-corrected chi connectivity index (χ4v) is 5.23. The number of para-hydroxylation sites is 2. The summed E-state index contributed by atoms with van der Waals surface area (Å²) in [6.07, 6.45) is 1.73. The number of amides is 1. The molecule has 2 heterocycles. The van der Waals surface area contributed by atoms with Crippen molar-refractivity contribution >= 4 is 32.7 Å². The Hall–Kier alpha value is -3.53. The maximum atomic E-state index is 12.9. The van der Waals surface area contributed by atoms with Gasteiger partial charge in [0, 0.05) is 37.0 Å². The van der Waals surface area contributed by atoms with E-state index in [-0.39, 0.29) is 16.9 Å². The van der Waals surface area contributed by atoms with Crippen molar-refractivity contribution in [2.75, 3.05) is 25.5 Å². The molecule has 0 unspecified atom stereocenters. The Morgan fingerprint density at radius 3 is 2.49 bits per heavy atom. The van der Waals surface area contributed by atoms with E-state index < -0.39 is 10.0 Å². The van der Waals surface area contributed by atoms with Gasteiger partial charge in [-0.3, -0.25) is 4.79 Å². The molecule has 1 aromatic heterocycles. The van der Waals surface area contributed by atoms with E-state index in [0.29, 0.717) is 35.9 Å². The van der Waals surface area contributed by atoms with Crippen molar-refractivity contribution in [3.8, 4) is 11.5 Å². The van der Waals surface area contributed by atoms with Crippen LogP contribution in [0.15, 0.2) is 82.1 Å². The number of hydrogen-bond donors (Lipinski definition) is 1. The van der Waals surface area contributed by atoms with E-state index in [1.165, 1.54) is 28.6 Å². The largest absolute Gasteiger partial charge is 0.436 e. The summed E-state index contributed by atoms with van der Waals surface area (Å²) in [7, 11) is -2.12. The zero-order valence-electron chi connectivity index (χ0n) is 19.2. The summed E-state index contributed by atoms with van der Waals surface area (Å²) in [6.45, 7) is 0.978. The lowest BCUT2D eigenvalue weighted by Crippen LogP contribution is -2.34. The Bertz CT molecular complexity index is 1410.